The average Bonchev–Trinajstić information content (AvgIpc) is 3.51. The molecule has 0 saturated carbocycles. The van der Waals surface area contributed by atoms with Crippen molar-refractivity contribution in [2.45, 2.75) is 116 Å². The highest BCUT2D eigenvalue weighted by atomic mass is 16.6. The lowest BCUT2D eigenvalue weighted by Gasteiger charge is -2.27. The maximum atomic E-state index is 13.7. The number of ether oxygens (including phenoxy) is 1. The number of nitrogens with one attached hydrogen (secondary N) is 4. The zero-order valence-electron chi connectivity index (χ0n) is 27.6. The summed E-state index contributed by atoms with van der Waals surface area (Å²) in [7, 11) is 0. The Morgan fingerprint density at radius 1 is 0.956 bits per heavy atom. The standard InChI is InChI=1S/C34H51N5O6/c1-7-8-14-27(37-31(41)20-35-30(40)18-25-17-29(23(4)5)45-39-25)32(42)38-28(16-24-12-10-9-11-13-24)33(43)36-26(15-22(2)3)19-34(6)21-44-34/h9-13,17,22-23,26-28H,7-8,14-16,18-21H2,1-6H3,(H,35,40)(H,36,43)(H,37,41)(H,38,42). The van der Waals surface area contributed by atoms with Crippen LogP contribution in [0.4, 0.5) is 0 Å². The van der Waals surface area contributed by atoms with Gasteiger partial charge in [-0.05, 0) is 37.7 Å². The molecule has 3 rings (SSSR count). The second-order valence-corrected chi connectivity index (χ2v) is 13.1. The van der Waals surface area contributed by atoms with E-state index in [2.05, 4.69) is 40.3 Å². The van der Waals surface area contributed by atoms with Crippen molar-refractivity contribution >= 4 is 23.6 Å². The molecule has 248 valence electrons. The summed E-state index contributed by atoms with van der Waals surface area (Å²) in [5, 5.41) is 15.3. The summed E-state index contributed by atoms with van der Waals surface area (Å²) in [6.45, 7) is 12.6. The third-order valence-corrected chi connectivity index (χ3v) is 7.77. The average molecular weight is 626 g/mol. The fourth-order valence-electron chi connectivity index (χ4n) is 5.17. The molecular formula is C34H51N5O6. The van der Waals surface area contributed by atoms with Gasteiger partial charge in [0.1, 0.15) is 17.8 Å². The molecule has 2 aromatic rings. The van der Waals surface area contributed by atoms with Crippen LogP contribution >= 0.6 is 0 Å². The smallest absolute Gasteiger partial charge is 0.243 e. The van der Waals surface area contributed by atoms with E-state index in [9.17, 15) is 19.2 Å². The van der Waals surface area contributed by atoms with Gasteiger partial charge in [-0.25, -0.2) is 0 Å². The molecule has 11 nitrogen and oxygen atoms in total. The molecule has 45 heavy (non-hydrogen) atoms. The number of hydrogen-bond acceptors (Lipinski definition) is 7. The topological polar surface area (TPSA) is 155 Å². The third kappa shape index (κ3) is 12.7. The monoisotopic (exact) mass is 625 g/mol. The number of benzene rings is 1. The Morgan fingerprint density at radius 3 is 2.24 bits per heavy atom. The van der Waals surface area contributed by atoms with Crippen LogP contribution in [0.5, 0.6) is 0 Å². The highest BCUT2D eigenvalue weighted by Gasteiger charge is 2.42. The van der Waals surface area contributed by atoms with Crippen LogP contribution in [0.15, 0.2) is 40.9 Å². The lowest BCUT2D eigenvalue weighted by molar-refractivity contribution is -0.132. The first-order valence-corrected chi connectivity index (χ1v) is 16.2. The number of epoxide rings is 1. The number of unbranched alkanes of at least 4 members (excludes halogenated alkanes) is 1. The van der Waals surface area contributed by atoms with Crippen LogP contribution in [-0.2, 0) is 36.8 Å². The van der Waals surface area contributed by atoms with Crippen LogP contribution in [0.3, 0.4) is 0 Å². The number of hydrogen-bond donors (Lipinski definition) is 4. The zero-order valence-corrected chi connectivity index (χ0v) is 27.6. The maximum Gasteiger partial charge on any atom is 0.243 e. The van der Waals surface area contributed by atoms with E-state index in [-0.39, 0.29) is 42.3 Å². The van der Waals surface area contributed by atoms with Crippen molar-refractivity contribution in [2.24, 2.45) is 5.92 Å². The van der Waals surface area contributed by atoms with Crippen molar-refractivity contribution in [3.63, 3.8) is 0 Å². The fourth-order valence-corrected chi connectivity index (χ4v) is 5.17. The van der Waals surface area contributed by atoms with Crippen LogP contribution in [0.1, 0.15) is 96.6 Å². The molecule has 11 heteroatoms. The number of aromatic nitrogens is 1. The Hall–Kier alpha value is -3.73. The Morgan fingerprint density at radius 2 is 1.64 bits per heavy atom. The molecule has 1 aromatic heterocycles. The van der Waals surface area contributed by atoms with Crippen LogP contribution in [0.2, 0.25) is 0 Å². The highest BCUT2D eigenvalue weighted by molar-refractivity contribution is 5.93. The molecule has 4 unspecified atom stereocenters. The summed E-state index contributed by atoms with van der Waals surface area (Å²) in [4.78, 5) is 52.6. The molecule has 1 aromatic carbocycles. The highest BCUT2D eigenvalue weighted by Crippen LogP contribution is 2.32. The predicted molar refractivity (Wildman–Crippen MR) is 171 cm³/mol. The summed E-state index contributed by atoms with van der Waals surface area (Å²) >= 11 is 0. The van der Waals surface area contributed by atoms with E-state index < -0.39 is 23.9 Å². The van der Waals surface area contributed by atoms with Gasteiger partial charge in [0.15, 0.2) is 0 Å². The van der Waals surface area contributed by atoms with Gasteiger partial charge in [0.05, 0.1) is 30.9 Å². The van der Waals surface area contributed by atoms with Gasteiger partial charge in [-0.3, -0.25) is 19.2 Å². The Balaban J connectivity index is 1.64. The van der Waals surface area contributed by atoms with Crippen molar-refractivity contribution in [1.82, 2.24) is 26.4 Å². The maximum absolute atomic E-state index is 13.7. The van der Waals surface area contributed by atoms with Gasteiger partial charge in [-0.15, -0.1) is 0 Å². The number of rotatable bonds is 19. The summed E-state index contributed by atoms with van der Waals surface area (Å²) in [5.74, 6) is -0.412. The molecule has 0 aliphatic carbocycles. The fraction of sp³-hybridized carbons (Fsp3) is 0.618. The molecular weight excluding hydrogens is 574 g/mol. The van der Waals surface area contributed by atoms with Gasteiger partial charge in [-0.1, -0.05) is 82.9 Å². The molecule has 0 radical (unpaired) electrons. The third-order valence-electron chi connectivity index (χ3n) is 7.77. The molecule has 0 spiro atoms. The summed E-state index contributed by atoms with van der Waals surface area (Å²) in [6.07, 6.45) is 3.66. The minimum Gasteiger partial charge on any atom is -0.370 e. The normalized spacial score (nSPS) is 17.8. The molecule has 4 N–H and O–H groups in total. The molecule has 2 heterocycles. The van der Waals surface area contributed by atoms with E-state index in [1.54, 1.807) is 6.07 Å². The van der Waals surface area contributed by atoms with Crippen molar-refractivity contribution in [3.05, 3.63) is 53.4 Å². The Bertz CT molecular complexity index is 1260. The minimum absolute atomic E-state index is 0.0252. The summed E-state index contributed by atoms with van der Waals surface area (Å²) in [5.41, 5.74) is 1.15. The van der Waals surface area contributed by atoms with Gasteiger partial charge < -0.3 is 30.5 Å². The van der Waals surface area contributed by atoms with Gasteiger partial charge in [0, 0.05) is 24.4 Å². The zero-order chi connectivity index (χ0) is 33.0. The molecule has 1 aliphatic heterocycles. The van der Waals surface area contributed by atoms with Crippen molar-refractivity contribution in [2.75, 3.05) is 13.2 Å². The lowest BCUT2D eigenvalue weighted by atomic mass is 9.94. The SMILES string of the molecule is CCCCC(NC(=O)CNC(=O)Cc1cc(C(C)C)on1)C(=O)NC(Cc1ccccc1)C(=O)NC(CC(C)C)CC1(C)CO1. The second-order valence-electron chi connectivity index (χ2n) is 13.1. The first-order chi connectivity index (χ1) is 21.4. The van der Waals surface area contributed by atoms with Gasteiger partial charge in [-0.2, -0.15) is 0 Å². The molecule has 0 bridgehead atoms. The first-order valence-electron chi connectivity index (χ1n) is 16.2. The van der Waals surface area contributed by atoms with Crippen molar-refractivity contribution < 1.29 is 28.4 Å². The molecule has 1 aliphatic rings. The second kappa shape index (κ2) is 17.1. The first kappa shape index (κ1) is 35.7. The van der Waals surface area contributed by atoms with E-state index in [1.165, 1.54) is 0 Å². The minimum atomic E-state index is -0.866. The van der Waals surface area contributed by atoms with Gasteiger partial charge >= 0.3 is 0 Å². The van der Waals surface area contributed by atoms with Crippen LogP contribution in [0.25, 0.3) is 0 Å². The number of carbonyl (C=O) groups is 4. The number of carbonyl (C=O) groups excluding carboxylic acids is 4. The van der Waals surface area contributed by atoms with Crippen LogP contribution in [-0.4, -0.2) is 65.7 Å². The van der Waals surface area contributed by atoms with E-state index >= 15 is 0 Å². The number of nitrogens with zero attached hydrogens (tertiary/aromatic N) is 1. The van der Waals surface area contributed by atoms with E-state index in [1.807, 2.05) is 58.0 Å². The quantitative estimate of drug-likeness (QED) is 0.174. The predicted octanol–water partition coefficient (Wildman–Crippen LogP) is 3.57. The van der Waals surface area contributed by atoms with E-state index in [0.29, 0.717) is 49.7 Å². The number of amides is 4. The summed E-state index contributed by atoms with van der Waals surface area (Å²) in [6, 6.07) is 9.42. The van der Waals surface area contributed by atoms with E-state index in [0.717, 1.165) is 18.4 Å². The Labute approximate surface area is 267 Å². The molecule has 4 atom stereocenters. The molecule has 1 fully saturated rings. The lowest BCUT2D eigenvalue weighted by Crippen LogP contribution is -2.56. The van der Waals surface area contributed by atoms with Gasteiger partial charge in [0.2, 0.25) is 23.6 Å². The largest absolute Gasteiger partial charge is 0.370 e. The van der Waals surface area contributed by atoms with Crippen molar-refractivity contribution in [3.8, 4) is 0 Å². The molecule has 1 saturated heterocycles. The van der Waals surface area contributed by atoms with Crippen LogP contribution < -0.4 is 21.3 Å². The van der Waals surface area contributed by atoms with Gasteiger partial charge in [0.25, 0.3) is 0 Å². The Kier molecular flexibility index (Phi) is 13.6. The van der Waals surface area contributed by atoms with Crippen molar-refractivity contribution in [1.29, 1.82) is 0 Å². The van der Waals surface area contributed by atoms with Crippen LogP contribution in [0, 0.1) is 5.92 Å². The van der Waals surface area contributed by atoms with E-state index in [4.69, 9.17) is 9.26 Å². The summed E-state index contributed by atoms with van der Waals surface area (Å²) < 4.78 is 10.8. The molecule has 4 amide bonds.